The third kappa shape index (κ3) is 11.7. The minimum atomic E-state index is -2.62. The Bertz CT molecular complexity index is 172. The van der Waals surface area contributed by atoms with E-state index in [0.29, 0.717) is 0 Å². The zero-order chi connectivity index (χ0) is 9.83. The molecule has 0 saturated heterocycles. The second-order valence-electron chi connectivity index (χ2n) is 1.94. The summed E-state index contributed by atoms with van der Waals surface area (Å²) in [5.74, 6) is 5.36. The highest BCUT2D eigenvalue weighted by Gasteiger charge is 2.24. The van der Waals surface area contributed by atoms with Gasteiger partial charge < -0.3 is 0 Å². The highest BCUT2D eigenvalue weighted by atomic mass is 35.8. The van der Waals surface area contributed by atoms with E-state index in [9.17, 15) is 0 Å². The van der Waals surface area contributed by atoms with Gasteiger partial charge in [-0.15, -0.1) is 78.3 Å². The van der Waals surface area contributed by atoms with E-state index in [4.69, 9.17) is 66.5 Å². The smallest absolute Gasteiger partial charge is 0.125 e. The van der Waals surface area contributed by atoms with Crippen molar-refractivity contribution in [1.82, 2.24) is 0 Å². The van der Waals surface area contributed by atoms with Gasteiger partial charge in [0.2, 0.25) is 0 Å². The molecule has 0 aliphatic carbocycles. The number of hydrogen-bond donors (Lipinski definition) is 0. The summed E-state index contributed by atoms with van der Waals surface area (Å²) in [6.45, 7) is 0. The van der Waals surface area contributed by atoms with Gasteiger partial charge in [0, 0.05) is 12.1 Å². The maximum Gasteiger partial charge on any atom is 0.352 e. The van der Waals surface area contributed by atoms with Crippen LogP contribution in [0, 0.1) is 11.8 Å². The van der Waals surface area contributed by atoms with E-state index in [-0.39, 0.29) is 12.1 Å². The second kappa shape index (κ2) is 5.57. The molecule has 0 aliphatic heterocycles. The quantitative estimate of drug-likeness (QED) is 0.404. The van der Waals surface area contributed by atoms with Gasteiger partial charge in [-0.2, -0.15) is 0 Å². The average molecular weight is 321 g/mol. The monoisotopic (exact) mass is 318 g/mol. The molecule has 0 fully saturated rings. The standard InChI is InChI=1S/C4H4Cl6Si2/c5-11(6,7)3-1-2-4-12(8,9)10/h3-4H2. The van der Waals surface area contributed by atoms with Gasteiger partial charge in [-0.05, 0) is 0 Å². The first-order chi connectivity index (χ1) is 5.21. The lowest BCUT2D eigenvalue weighted by Gasteiger charge is -2.01. The van der Waals surface area contributed by atoms with E-state index in [0.717, 1.165) is 0 Å². The lowest BCUT2D eigenvalue weighted by molar-refractivity contribution is 1.75. The number of halogens is 6. The molecule has 12 heavy (non-hydrogen) atoms. The molecule has 0 aromatic rings. The Kier molecular flexibility index (Phi) is 6.38. The molecule has 0 saturated carbocycles. The Morgan fingerprint density at radius 1 is 0.667 bits per heavy atom. The Labute approximate surface area is 102 Å². The fourth-order valence-electron chi connectivity index (χ4n) is 0.325. The van der Waals surface area contributed by atoms with Gasteiger partial charge in [-0.25, -0.2) is 0 Å². The zero-order valence-corrected chi connectivity index (χ0v) is 12.2. The van der Waals surface area contributed by atoms with E-state index < -0.39 is 12.0 Å². The summed E-state index contributed by atoms with van der Waals surface area (Å²) in [6.07, 6.45) is 0. The lowest BCUT2D eigenvalue weighted by atomic mass is 10.7. The molecule has 0 nitrogen and oxygen atoms in total. The van der Waals surface area contributed by atoms with Crippen molar-refractivity contribution in [1.29, 1.82) is 0 Å². The summed E-state index contributed by atoms with van der Waals surface area (Å²) in [5, 5.41) is 0. The molecule has 0 aliphatic rings. The van der Waals surface area contributed by atoms with Crippen LogP contribution in [0.2, 0.25) is 12.1 Å². The summed E-state index contributed by atoms with van der Waals surface area (Å²) in [7, 11) is 0. The summed E-state index contributed by atoms with van der Waals surface area (Å²) in [4.78, 5) is 0. The van der Waals surface area contributed by atoms with Crippen LogP contribution in [-0.4, -0.2) is 12.0 Å². The molecular formula is C4H4Cl6Si2. The van der Waals surface area contributed by atoms with Crippen LogP contribution in [0.25, 0.3) is 0 Å². The molecule has 0 atom stereocenters. The molecule has 0 N–H and O–H groups in total. The Balaban J connectivity index is 3.77. The molecule has 0 aromatic heterocycles. The molecule has 70 valence electrons. The van der Waals surface area contributed by atoms with Crippen molar-refractivity contribution in [2.24, 2.45) is 0 Å². The minimum absolute atomic E-state index is 0.285. The first-order valence-corrected chi connectivity index (χ1v) is 13.3. The molecule has 0 bridgehead atoms. The molecule has 0 heterocycles. The van der Waals surface area contributed by atoms with Crippen LogP contribution in [-0.2, 0) is 0 Å². The highest BCUT2D eigenvalue weighted by molar-refractivity contribution is 7.65. The van der Waals surface area contributed by atoms with Crippen LogP contribution in [0.3, 0.4) is 0 Å². The second-order valence-corrected chi connectivity index (χ2v) is 20.2. The predicted molar refractivity (Wildman–Crippen MR) is 64.0 cm³/mol. The van der Waals surface area contributed by atoms with Crippen LogP contribution in [0.5, 0.6) is 0 Å². The van der Waals surface area contributed by atoms with Crippen LogP contribution < -0.4 is 0 Å². The van der Waals surface area contributed by atoms with E-state index >= 15 is 0 Å². The maximum absolute atomic E-state index is 5.56. The van der Waals surface area contributed by atoms with E-state index in [1.165, 1.54) is 0 Å². The molecule has 0 aromatic carbocycles. The largest absolute Gasteiger partial charge is 0.352 e. The molecule has 8 heteroatoms. The van der Waals surface area contributed by atoms with Gasteiger partial charge in [0.15, 0.2) is 0 Å². The number of hydrogen-bond acceptors (Lipinski definition) is 0. The van der Waals surface area contributed by atoms with Gasteiger partial charge in [-0.1, -0.05) is 0 Å². The van der Waals surface area contributed by atoms with Crippen LogP contribution in [0.4, 0.5) is 0 Å². The normalized spacial score (nSPS) is 12.2. The average Bonchev–Trinajstić information content (AvgIpc) is 1.76. The molecule has 0 spiro atoms. The third-order valence-electron chi connectivity index (χ3n) is 0.703. The van der Waals surface area contributed by atoms with Gasteiger partial charge in [0.05, 0.1) is 0 Å². The first-order valence-electron chi connectivity index (χ1n) is 2.80. The van der Waals surface area contributed by atoms with Gasteiger partial charge in [0.1, 0.15) is 0 Å². The van der Waals surface area contributed by atoms with Gasteiger partial charge in [-0.3, -0.25) is 0 Å². The molecule has 0 rings (SSSR count). The topological polar surface area (TPSA) is 0 Å². The Morgan fingerprint density at radius 3 is 1.08 bits per heavy atom. The van der Waals surface area contributed by atoms with Crippen molar-refractivity contribution >= 4 is 78.5 Å². The van der Waals surface area contributed by atoms with E-state index in [1.54, 1.807) is 0 Å². The fourth-order valence-corrected chi connectivity index (χ4v) is 2.18. The third-order valence-corrected chi connectivity index (χ3v) is 4.26. The molecule has 0 amide bonds. The fraction of sp³-hybridized carbons (Fsp3) is 0.500. The Hall–Kier alpha value is 1.73. The van der Waals surface area contributed by atoms with E-state index in [2.05, 4.69) is 11.8 Å². The van der Waals surface area contributed by atoms with Gasteiger partial charge >= 0.3 is 12.0 Å². The van der Waals surface area contributed by atoms with Gasteiger partial charge in [0.25, 0.3) is 0 Å². The summed E-state index contributed by atoms with van der Waals surface area (Å²) >= 11 is 33.4. The predicted octanol–water partition coefficient (Wildman–Crippen LogP) is 4.30. The SMILES string of the molecule is Cl[Si](Cl)(Cl)CC#CC[Si](Cl)(Cl)Cl. The van der Waals surface area contributed by atoms with Crippen molar-refractivity contribution in [3.05, 3.63) is 0 Å². The van der Waals surface area contributed by atoms with Crippen molar-refractivity contribution < 1.29 is 0 Å². The van der Waals surface area contributed by atoms with Crippen molar-refractivity contribution in [3.63, 3.8) is 0 Å². The maximum atomic E-state index is 5.56. The summed E-state index contributed by atoms with van der Waals surface area (Å²) in [5.41, 5.74) is 0. The van der Waals surface area contributed by atoms with Crippen molar-refractivity contribution in [2.75, 3.05) is 0 Å². The number of rotatable bonds is 2. The lowest BCUT2D eigenvalue weighted by Crippen LogP contribution is -2.08. The zero-order valence-electron chi connectivity index (χ0n) is 5.68. The van der Waals surface area contributed by atoms with Crippen LogP contribution in [0.15, 0.2) is 0 Å². The van der Waals surface area contributed by atoms with Crippen molar-refractivity contribution in [3.8, 4) is 11.8 Å². The Morgan fingerprint density at radius 2 is 0.917 bits per heavy atom. The molecular weight excluding hydrogens is 317 g/mol. The van der Waals surface area contributed by atoms with Crippen LogP contribution in [0.1, 0.15) is 0 Å². The minimum Gasteiger partial charge on any atom is -0.125 e. The van der Waals surface area contributed by atoms with Crippen LogP contribution >= 0.6 is 66.5 Å². The summed E-state index contributed by atoms with van der Waals surface area (Å²) < 4.78 is 0. The summed E-state index contributed by atoms with van der Waals surface area (Å²) in [6, 6.07) is -4.68. The van der Waals surface area contributed by atoms with E-state index in [1.807, 2.05) is 0 Å². The highest BCUT2D eigenvalue weighted by Crippen LogP contribution is 2.25. The molecule has 0 unspecified atom stereocenters. The first kappa shape index (κ1) is 13.7. The molecule has 0 radical (unpaired) electrons. The van der Waals surface area contributed by atoms with Crippen molar-refractivity contribution in [2.45, 2.75) is 12.1 Å².